The van der Waals surface area contributed by atoms with E-state index < -0.39 is 12.1 Å². The molecule has 2 aromatic rings. The fourth-order valence-corrected chi connectivity index (χ4v) is 5.31. The van der Waals surface area contributed by atoms with Gasteiger partial charge in [0.1, 0.15) is 11.5 Å². The number of hydrogen-bond acceptors (Lipinski definition) is 3. The summed E-state index contributed by atoms with van der Waals surface area (Å²) in [5.41, 5.74) is 22.2. The zero-order valence-corrected chi connectivity index (χ0v) is 28.4. The van der Waals surface area contributed by atoms with Crippen molar-refractivity contribution in [3.63, 3.8) is 0 Å². The van der Waals surface area contributed by atoms with Gasteiger partial charge < -0.3 is 21.7 Å². The summed E-state index contributed by atoms with van der Waals surface area (Å²) in [4.78, 5) is 0. The van der Waals surface area contributed by atoms with Crippen LogP contribution in [0.25, 0.3) is 17.9 Å². The van der Waals surface area contributed by atoms with Crippen molar-refractivity contribution in [2.45, 2.75) is 130 Å². The van der Waals surface area contributed by atoms with Crippen molar-refractivity contribution in [1.29, 1.82) is 0 Å². The van der Waals surface area contributed by atoms with Gasteiger partial charge in [-0.3, -0.25) is 0 Å². The molecule has 5 heteroatoms. The van der Waals surface area contributed by atoms with Gasteiger partial charge in [0.2, 0.25) is 0 Å². The smallest absolute Gasteiger partial charge is 0.126 e. The Morgan fingerprint density at radius 2 is 1.07 bits per heavy atom. The van der Waals surface area contributed by atoms with Gasteiger partial charge in [0.25, 0.3) is 0 Å². The molecule has 0 aromatic heterocycles. The maximum atomic E-state index is 11.5. The van der Waals surface area contributed by atoms with Crippen molar-refractivity contribution in [2.24, 2.45) is 5.73 Å². The van der Waals surface area contributed by atoms with E-state index in [1.54, 1.807) is 0 Å². The first-order valence-electron chi connectivity index (χ1n) is 14.7. The molecule has 0 spiro atoms. The first-order chi connectivity index (χ1) is 18.0. The number of phenolic OH excluding ortho intramolecular Hbond substituents is 2. The first-order valence-corrected chi connectivity index (χ1v) is 14.7. The molecule has 229 valence electrons. The van der Waals surface area contributed by atoms with Crippen molar-refractivity contribution < 1.29 is 27.0 Å². The third-order valence-corrected chi connectivity index (χ3v) is 8.16. The molecule has 0 saturated heterocycles. The Morgan fingerprint density at radius 3 is 1.44 bits per heavy atom. The van der Waals surface area contributed by atoms with E-state index in [-0.39, 0.29) is 44.2 Å². The second-order valence-corrected chi connectivity index (χ2v) is 15.9. The minimum absolute atomic E-state index is 0. The Labute approximate surface area is 259 Å². The Bertz CT molecular complexity index is 1330. The molecule has 41 heavy (non-hydrogen) atoms. The van der Waals surface area contributed by atoms with Crippen LogP contribution < -0.4 is 5.73 Å². The van der Waals surface area contributed by atoms with Crippen LogP contribution in [-0.4, -0.2) is 22.3 Å². The molecule has 2 unspecified atom stereocenters. The number of rotatable bonds is 2. The van der Waals surface area contributed by atoms with Crippen LogP contribution in [0.2, 0.25) is 0 Å². The quantitative estimate of drug-likeness (QED) is 0.319. The minimum atomic E-state index is -0.495. The van der Waals surface area contributed by atoms with E-state index >= 15 is 0 Å². The SMILES string of the molecule is CC(C)(C)c1cc(C=C2CCC([NH-])C(N)C2=Cc2cc(C(C)(C)C)cc(C(C)(C)C)c2O)c(O)c(C(C)(C)C)c1.[Co]. The van der Waals surface area contributed by atoms with Gasteiger partial charge in [0, 0.05) is 45.1 Å². The molecule has 4 nitrogen and oxygen atoms in total. The molecular weight excluding hydrogens is 551 g/mol. The molecule has 5 N–H and O–H groups in total. The summed E-state index contributed by atoms with van der Waals surface area (Å²) in [6.07, 6.45) is 5.39. The number of nitrogens with two attached hydrogens (primary N) is 1. The van der Waals surface area contributed by atoms with E-state index in [2.05, 4.69) is 113 Å². The van der Waals surface area contributed by atoms with E-state index in [0.29, 0.717) is 18.6 Å². The standard InChI is InChI=1S/C36H53N2O2.Co/c1-33(2,3)24-16-22(31(39)27(19-24)35(7,8)9)15-21-13-14-29(37)30(38)26(21)18-23-17-25(34(4,5)6)20-28(32(23)40)36(10,11)12;/h15-20,29-30,37,39-40H,13-14,38H2,1-12H3;/q-1;. The monoisotopic (exact) mass is 604 g/mol. The van der Waals surface area contributed by atoms with E-state index in [1.165, 1.54) is 0 Å². The summed E-state index contributed by atoms with van der Waals surface area (Å²) in [5.74, 6) is 0.556. The number of hydrogen-bond donors (Lipinski definition) is 3. The molecule has 2 aromatic carbocycles. The fourth-order valence-electron chi connectivity index (χ4n) is 5.31. The van der Waals surface area contributed by atoms with Crippen molar-refractivity contribution >= 4 is 12.2 Å². The third-order valence-electron chi connectivity index (χ3n) is 8.16. The van der Waals surface area contributed by atoms with Gasteiger partial charge in [-0.1, -0.05) is 102 Å². The molecule has 0 heterocycles. The second kappa shape index (κ2) is 11.9. The molecule has 1 radical (unpaired) electrons. The van der Waals surface area contributed by atoms with Gasteiger partial charge in [-0.25, -0.2) is 0 Å². The molecule has 0 bridgehead atoms. The summed E-state index contributed by atoms with van der Waals surface area (Å²) < 4.78 is 0. The van der Waals surface area contributed by atoms with Crippen LogP contribution in [0.3, 0.4) is 0 Å². The number of benzene rings is 2. The van der Waals surface area contributed by atoms with Gasteiger partial charge >= 0.3 is 0 Å². The van der Waals surface area contributed by atoms with E-state index in [0.717, 1.165) is 44.5 Å². The molecule has 0 amide bonds. The maximum absolute atomic E-state index is 11.5. The number of nitrogens with one attached hydrogen (secondary N) is 1. The van der Waals surface area contributed by atoms with E-state index in [4.69, 9.17) is 11.5 Å². The predicted molar refractivity (Wildman–Crippen MR) is 172 cm³/mol. The van der Waals surface area contributed by atoms with Gasteiger partial charge in [-0.05, 0) is 74.6 Å². The summed E-state index contributed by atoms with van der Waals surface area (Å²) in [7, 11) is 0. The van der Waals surface area contributed by atoms with Gasteiger partial charge in [0.05, 0.1) is 0 Å². The zero-order valence-electron chi connectivity index (χ0n) is 27.3. The maximum Gasteiger partial charge on any atom is 0.126 e. The summed E-state index contributed by atoms with van der Waals surface area (Å²) >= 11 is 0. The van der Waals surface area contributed by atoms with E-state index in [9.17, 15) is 10.2 Å². The van der Waals surface area contributed by atoms with Crippen molar-refractivity contribution in [3.8, 4) is 11.5 Å². The summed E-state index contributed by atoms with van der Waals surface area (Å²) in [5, 5.41) is 22.9. The Kier molecular flexibility index (Phi) is 10.2. The molecule has 1 aliphatic rings. The Hall–Kier alpha value is -2.05. The normalized spacial score (nSPS) is 20.8. The molecule has 2 atom stereocenters. The van der Waals surface area contributed by atoms with Crippen molar-refractivity contribution in [2.75, 3.05) is 0 Å². The average Bonchev–Trinajstić information content (AvgIpc) is 2.77. The minimum Gasteiger partial charge on any atom is -0.673 e. The molecule has 3 rings (SSSR count). The largest absolute Gasteiger partial charge is 0.673 e. The molecule has 1 saturated carbocycles. The first kappa shape index (κ1) is 35.1. The Morgan fingerprint density at radius 1 is 0.683 bits per heavy atom. The van der Waals surface area contributed by atoms with Crippen LogP contribution in [0.4, 0.5) is 0 Å². The van der Waals surface area contributed by atoms with Crippen molar-refractivity contribution in [3.05, 3.63) is 74.5 Å². The Balaban J connectivity index is 0.00000588. The number of phenols is 2. The van der Waals surface area contributed by atoms with Crippen LogP contribution in [0.15, 0.2) is 35.4 Å². The molecule has 1 fully saturated rings. The van der Waals surface area contributed by atoms with Crippen molar-refractivity contribution in [1.82, 2.24) is 0 Å². The predicted octanol–water partition coefficient (Wildman–Crippen LogP) is 9.29. The average molecular weight is 605 g/mol. The summed E-state index contributed by atoms with van der Waals surface area (Å²) in [6.45, 7) is 25.8. The van der Waals surface area contributed by atoms with Crippen LogP contribution >= 0.6 is 0 Å². The topological polar surface area (TPSA) is 90.3 Å². The van der Waals surface area contributed by atoms with Gasteiger partial charge in [-0.15, -0.1) is 6.04 Å². The van der Waals surface area contributed by atoms with Crippen LogP contribution in [0, 0.1) is 0 Å². The second-order valence-electron chi connectivity index (χ2n) is 15.9. The molecule has 1 aliphatic carbocycles. The number of aromatic hydroxyl groups is 2. The summed E-state index contributed by atoms with van der Waals surface area (Å²) in [6, 6.07) is 7.47. The fraction of sp³-hybridized carbons (Fsp3) is 0.556. The van der Waals surface area contributed by atoms with E-state index in [1.807, 2.05) is 6.08 Å². The zero-order chi connectivity index (χ0) is 30.6. The third kappa shape index (κ3) is 7.87. The molecule has 0 aliphatic heterocycles. The van der Waals surface area contributed by atoms with Crippen LogP contribution in [0.5, 0.6) is 11.5 Å². The van der Waals surface area contributed by atoms with Gasteiger partial charge in [0.15, 0.2) is 0 Å². The van der Waals surface area contributed by atoms with Crippen LogP contribution in [0.1, 0.15) is 129 Å². The van der Waals surface area contributed by atoms with Gasteiger partial charge in [-0.2, -0.15) is 0 Å². The molecular formula is C36H53CoN2O2-. The van der Waals surface area contributed by atoms with Crippen LogP contribution in [-0.2, 0) is 38.4 Å².